The number of piperidine rings is 1. The van der Waals surface area contributed by atoms with Crippen LogP contribution in [0.15, 0.2) is 65.5 Å². The summed E-state index contributed by atoms with van der Waals surface area (Å²) in [5, 5.41) is 12.7. The van der Waals surface area contributed by atoms with Gasteiger partial charge in [-0.2, -0.15) is 0 Å². The van der Waals surface area contributed by atoms with Crippen LogP contribution < -0.4 is 5.32 Å². The highest BCUT2D eigenvalue weighted by atomic mass is 16.3. The first-order valence-electron chi connectivity index (χ1n) is 9.93. The first-order chi connectivity index (χ1) is 14.2. The Morgan fingerprint density at radius 2 is 1.83 bits per heavy atom. The second kappa shape index (κ2) is 9.03. The number of aromatic nitrogens is 1. The lowest BCUT2D eigenvalue weighted by Gasteiger charge is -2.30. The molecule has 0 radical (unpaired) electrons. The minimum Gasteiger partial charge on any atom is -0.444 e. The van der Waals surface area contributed by atoms with Gasteiger partial charge < -0.3 is 14.8 Å². The van der Waals surface area contributed by atoms with Gasteiger partial charge in [-0.15, -0.1) is 0 Å². The normalized spacial score (nSPS) is 15.3. The van der Waals surface area contributed by atoms with Crippen molar-refractivity contribution in [2.45, 2.75) is 32.0 Å². The molecule has 0 aliphatic carbocycles. The van der Waals surface area contributed by atoms with Gasteiger partial charge in [-0.05, 0) is 36.1 Å². The summed E-state index contributed by atoms with van der Waals surface area (Å²) in [6.45, 7) is 3.12. The van der Waals surface area contributed by atoms with Crippen LogP contribution in [0, 0.1) is 0 Å². The van der Waals surface area contributed by atoms with E-state index >= 15 is 0 Å². The lowest BCUT2D eigenvalue weighted by molar-refractivity contribution is 0.0790. The van der Waals surface area contributed by atoms with Crippen molar-refractivity contribution >= 4 is 5.91 Å². The maximum atomic E-state index is 12.6. The number of aliphatic hydroxyl groups is 1. The highest BCUT2D eigenvalue weighted by molar-refractivity contribution is 5.94. The zero-order chi connectivity index (χ0) is 20.1. The Morgan fingerprint density at radius 1 is 1.10 bits per heavy atom. The van der Waals surface area contributed by atoms with E-state index in [9.17, 15) is 9.90 Å². The summed E-state index contributed by atoms with van der Waals surface area (Å²) < 4.78 is 5.28. The fourth-order valence-corrected chi connectivity index (χ4v) is 3.62. The van der Waals surface area contributed by atoms with Crippen LogP contribution in [0.5, 0.6) is 0 Å². The van der Waals surface area contributed by atoms with Crippen LogP contribution in [0.25, 0.3) is 11.3 Å². The second-order valence-corrected chi connectivity index (χ2v) is 7.40. The molecule has 1 amide bonds. The van der Waals surface area contributed by atoms with Gasteiger partial charge in [-0.3, -0.25) is 9.69 Å². The number of benzene rings is 2. The van der Waals surface area contributed by atoms with E-state index in [2.05, 4.69) is 27.3 Å². The van der Waals surface area contributed by atoms with Crippen molar-refractivity contribution in [1.82, 2.24) is 15.2 Å². The zero-order valence-electron chi connectivity index (χ0n) is 16.3. The molecule has 0 bridgehead atoms. The molecule has 6 nitrogen and oxygen atoms in total. The van der Waals surface area contributed by atoms with Gasteiger partial charge >= 0.3 is 0 Å². The summed E-state index contributed by atoms with van der Waals surface area (Å²) in [5.41, 5.74) is 3.82. The Morgan fingerprint density at radius 3 is 2.52 bits per heavy atom. The Balaban J connectivity index is 1.37. The minimum absolute atomic E-state index is 0.106. The number of rotatable bonds is 6. The number of hydrogen-bond acceptors (Lipinski definition) is 5. The molecule has 4 rings (SSSR count). The SMILES string of the molecule is O=C(NCc1ccccc1CN1CCC(O)CC1)c1ccc(-c2cnco2)cc1. The summed E-state index contributed by atoms with van der Waals surface area (Å²) >= 11 is 0. The molecule has 0 atom stereocenters. The number of carbonyl (C=O) groups excluding carboxylic acids is 1. The van der Waals surface area contributed by atoms with E-state index in [4.69, 9.17) is 4.42 Å². The molecule has 0 unspecified atom stereocenters. The number of hydrogen-bond donors (Lipinski definition) is 2. The molecule has 0 spiro atoms. The lowest BCUT2D eigenvalue weighted by atomic mass is 10.0. The third-order valence-electron chi connectivity index (χ3n) is 5.37. The van der Waals surface area contributed by atoms with Crippen molar-refractivity contribution in [3.63, 3.8) is 0 Å². The summed E-state index contributed by atoms with van der Waals surface area (Å²) in [4.78, 5) is 18.8. The van der Waals surface area contributed by atoms with Gasteiger partial charge in [0, 0.05) is 37.3 Å². The van der Waals surface area contributed by atoms with Gasteiger partial charge in [0.05, 0.1) is 12.3 Å². The number of amides is 1. The molecule has 2 aromatic carbocycles. The number of likely N-dealkylation sites (tertiary alicyclic amines) is 1. The van der Waals surface area contributed by atoms with Gasteiger partial charge in [0.15, 0.2) is 12.2 Å². The molecule has 1 aliphatic heterocycles. The average Bonchev–Trinajstić information content (AvgIpc) is 3.30. The smallest absolute Gasteiger partial charge is 0.251 e. The highest BCUT2D eigenvalue weighted by Crippen LogP contribution is 2.19. The molecule has 29 heavy (non-hydrogen) atoms. The van der Waals surface area contributed by atoms with E-state index in [0.29, 0.717) is 17.9 Å². The predicted octanol–water partition coefficient (Wildman–Crippen LogP) is 3.23. The van der Waals surface area contributed by atoms with Crippen LogP contribution in [-0.2, 0) is 13.1 Å². The quantitative estimate of drug-likeness (QED) is 0.675. The van der Waals surface area contributed by atoms with Crippen molar-refractivity contribution in [3.05, 3.63) is 77.8 Å². The maximum absolute atomic E-state index is 12.6. The molecule has 1 aromatic heterocycles. The predicted molar refractivity (Wildman–Crippen MR) is 110 cm³/mol. The molecular weight excluding hydrogens is 366 g/mol. The van der Waals surface area contributed by atoms with Gasteiger partial charge in [-0.1, -0.05) is 36.4 Å². The Labute approximate surface area is 170 Å². The molecule has 1 aliphatic rings. The molecule has 150 valence electrons. The van der Waals surface area contributed by atoms with E-state index in [1.165, 1.54) is 12.0 Å². The standard InChI is InChI=1S/C23H25N3O3/c27-21-9-11-26(12-10-21)15-20-4-2-1-3-19(20)13-25-23(28)18-7-5-17(6-8-18)22-14-24-16-29-22/h1-8,14,16,21,27H,9-13,15H2,(H,25,28). The lowest BCUT2D eigenvalue weighted by Crippen LogP contribution is -2.35. The number of nitrogens with zero attached hydrogens (tertiary/aromatic N) is 2. The fraction of sp³-hybridized carbons (Fsp3) is 0.304. The van der Waals surface area contributed by atoms with Crippen molar-refractivity contribution in [3.8, 4) is 11.3 Å². The van der Waals surface area contributed by atoms with E-state index in [1.807, 2.05) is 24.3 Å². The van der Waals surface area contributed by atoms with Crippen LogP contribution in [0.3, 0.4) is 0 Å². The fourth-order valence-electron chi connectivity index (χ4n) is 3.62. The molecule has 6 heteroatoms. The van der Waals surface area contributed by atoms with Crippen molar-refractivity contribution in [1.29, 1.82) is 0 Å². The van der Waals surface area contributed by atoms with Gasteiger partial charge in [0.2, 0.25) is 0 Å². The number of aliphatic hydroxyl groups excluding tert-OH is 1. The molecule has 2 heterocycles. The van der Waals surface area contributed by atoms with Crippen molar-refractivity contribution in [2.24, 2.45) is 0 Å². The van der Waals surface area contributed by atoms with E-state index in [-0.39, 0.29) is 12.0 Å². The molecule has 1 fully saturated rings. The van der Waals surface area contributed by atoms with Crippen molar-refractivity contribution < 1.29 is 14.3 Å². The Hall–Kier alpha value is -2.96. The first kappa shape index (κ1) is 19.4. The third kappa shape index (κ3) is 4.91. The van der Waals surface area contributed by atoms with Crippen LogP contribution in [0.1, 0.15) is 34.3 Å². The topological polar surface area (TPSA) is 78.6 Å². The molecule has 0 saturated carbocycles. The summed E-state index contributed by atoms with van der Waals surface area (Å²) in [5.74, 6) is 0.570. The summed E-state index contributed by atoms with van der Waals surface area (Å²) in [6, 6.07) is 15.5. The molecular formula is C23H25N3O3. The molecule has 3 aromatic rings. The molecule has 2 N–H and O–H groups in total. The van der Waals surface area contributed by atoms with Gasteiger partial charge in [0.25, 0.3) is 5.91 Å². The van der Waals surface area contributed by atoms with E-state index < -0.39 is 0 Å². The van der Waals surface area contributed by atoms with Crippen molar-refractivity contribution in [2.75, 3.05) is 13.1 Å². The number of oxazole rings is 1. The summed E-state index contributed by atoms with van der Waals surface area (Å²) in [6.07, 6.45) is 4.51. The minimum atomic E-state index is -0.170. The monoisotopic (exact) mass is 391 g/mol. The van der Waals surface area contributed by atoms with Crippen LogP contribution in [0.2, 0.25) is 0 Å². The largest absolute Gasteiger partial charge is 0.444 e. The second-order valence-electron chi connectivity index (χ2n) is 7.40. The van der Waals surface area contributed by atoms with E-state index in [0.717, 1.165) is 43.6 Å². The van der Waals surface area contributed by atoms with Crippen LogP contribution >= 0.6 is 0 Å². The Bertz CT molecular complexity index is 930. The highest BCUT2D eigenvalue weighted by Gasteiger charge is 2.18. The average molecular weight is 391 g/mol. The molecule has 1 saturated heterocycles. The summed E-state index contributed by atoms with van der Waals surface area (Å²) in [7, 11) is 0. The van der Waals surface area contributed by atoms with Crippen LogP contribution in [-0.4, -0.2) is 40.1 Å². The zero-order valence-corrected chi connectivity index (χ0v) is 16.3. The third-order valence-corrected chi connectivity index (χ3v) is 5.37. The van der Waals surface area contributed by atoms with E-state index in [1.54, 1.807) is 18.3 Å². The Kier molecular flexibility index (Phi) is 6.03. The number of nitrogens with one attached hydrogen (secondary N) is 1. The van der Waals surface area contributed by atoms with Gasteiger partial charge in [-0.25, -0.2) is 4.98 Å². The first-order valence-corrected chi connectivity index (χ1v) is 9.93. The maximum Gasteiger partial charge on any atom is 0.251 e. The number of carbonyl (C=O) groups is 1. The van der Waals surface area contributed by atoms with Gasteiger partial charge in [0.1, 0.15) is 0 Å². The van der Waals surface area contributed by atoms with Crippen LogP contribution in [0.4, 0.5) is 0 Å².